The first kappa shape index (κ1) is 23.7. The van der Waals surface area contributed by atoms with Crippen molar-refractivity contribution in [3.05, 3.63) is 12.2 Å². The van der Waals surface area contributed by atoms with E-state index in [-0.39, 0.29) is 18.2 Å². The fourth-order valence-electron chi connectivity index (χ4n) is 3.07. The highest BCUT2D eigenvalue weighted by atomic mass is 16.4. The van der Waals surface area contributed by atoms with Crippen LogP contribution in [0.25, 0.3) is 0 Å². The van der Waals surface area contributed by atoms with Crippen molar-refractivity contribution in [3.8, 4) is 0 Å². The Morgan fingerprint density at radius 1 is 0.880 bits per heavy atom. The molecule has 0 fully saturated rings. The molecule has 1 amide bonds. The second kappa shape index (κ2) is 16.2. The summed E-state index contributed by atoms with van der Waals surface area (Å²) >= 11 is 0. The average molecular weight is 354 g/mol. The van der Waals surface area contributed by atoms with Crippen molar-refractivity contribution in [1.82, 2.24) is 4.90 Å². The van der Waals surface area contributed by atoms with Crippen LogP contribution in [-0.2, 0) is 9.59 Å². The lowest BCUT2D eigenvalue weighted by Gasteiger charge is -2.24. The van der Waals surface area contributed by atoms with Crippen molar-refractivity contribution in [2.45, 2.75) is 91.4 Å². The van der Waals surface area contributed by atoms with Gasteiger partial charge >= 0.3 is 5.97 Å². The minimum atomic E-state index is -0.876. The second-order valence-electron chi connectivity index (χ2n) is 6.76. The van der Waals surface area contributed by atoms with Gasteiger partial charge in [-0.05, 0) is 46.0 Å². The molecule has 146 valence electrons. The van der Waals surface area contributed by atoms with Gasteiger partial charge in [-0.3, -0.25) is 9.59 Å². The van der Waals surface area contributed by atoms with Crippen molar-refractivity contribution < 1.29 is 14.7 Å². The van der Waals surface area contributed by atoms with Crippen LogP contribution in [0.3, 0.4) is 0 Å². The van der Waals surface area contributed by atoms with Gasteiger partial charge in [0.2, 0.25) is 5.91 Å². The van der Waals surface area contributed by atoms with Crippen molar-refractivity contribution in [2.75, 3.05) is 13.1 Å². The van der Waals surface area contributed by atoms with E-state index in [1.807, 2.05) is 13.8 Å². The summed E-state index contributed by atoms with van der Waals surface area (Å²) in [4.78, 5) is 25.2. The van der Waals surface area contributed by atoms with Crippen molar-refractivity contribution in [1.29, 1.82) is 0 Å². The first-order chi connectivity index (χ1) is 12.1. The van der Waals surface area contributed by atoms with Crippen molar-refractivity contribution in [3.63, 3.8) is 0 Å². The Hall–Kier alpha value is -1.32. The van der Waals surface area contributed by atoms with Crippen LogP contribution in [-0.4, -0.2) is 35.0 Å². The predicted molar refractivity (Wildman–Crippen MR) is 105 cm³/mol. The van der Waals surface area contributed by atoms with E-state index < -0.39 is 5.97 Å². The molecule has 0 rings (SSSR count). The third-order valence-corrected chi connectivity index (χ3v) is 4.66. The molecule has 4 heteroatoms. The number of carbonyl (C=O) groups excluding carboxylic acids is 1. The molecule has 0 heterocycles. The minimum absolute atomic E-state index is 0.00223. The van der Waals surface area contributed by atoms with E-state index in [0.29, 0.717) is 19.5 Å². The van der Waals surface area contributed by atoms with Gasteiger partial charge < -0.3 is 10.0 Å². The highest BCUT2D eigenvalue weighted by Gasteiger charge is 2.24. The molecule has 0 aliphatic heterocycles. The maximum Gasteiger partial charge on any atom is 0.304 e. The number of hydrogen-bond acceptors (Lipinski definition) is 2. The molecule has 0 saturated heterocycles. The zero-order valence-corrected chi connectivity index (χ0v) is 16.6. The summed E-state index contributed by atoms with van der Waals surface area (Å²) < 4.78 is 0. The predicted octanol–water partition coefficient (Wildman–Crippen LogP) is 5.42. The summed E-state index contributed by atoms with van der Waals surface area (Å²) in [6.07, 6.45) is 15.8. The van der Waals surface area contributed by atoms with E-state index in [0.717, 1.165) is 25.7 Å². The molecule has 0 saturated carbocycles. The summed E-state index contributed by atoms with van der Waals surface area (Å²) in [5.74, 6) is -1.24. The first-order valence-corrected chi connectivity index (χ1v) is 10.2. The summed E-state index contributed by atoms with van der Waals surface area (Å²) in [6.45, 7) is 7.40. The van der Waals surface area contributed by atoms with Crippen LogP contribution >= 0.6 is 0 Å². The van der Waals surface area contributed by atoms with Crippen LogP contribution in [0.4, 0.5) is 0 Å². The zero-order chi connectivity index (χ0) is 18.9. The van der Waals surface area contributed by atoms with E-state index in [1.54, 1.807) is 4.90 Å². The number of aliphatic carboxylic acids is 1. The molecule has 0 aromatic rings. The Morgan fingerprint density at radius 3 is 1.96 bits per heavy atom. The Bertz CT molecular complexity index is 375. The van der Waals surface area contributed by atoms with Gasteiger partial charge in [0.25, 0.3) is 0 Å². The van der Waals surface area contributed by atoms with E-state index >= 15 is 0 Å². The molecule has 0 aromatic carbocycles. The van der Waals surface area contributed by atoms with E-state index in [4.69, 9.17) is 5.11 Å². The van der Waals surface area contributed by atoms with E-state index in [2.05, 4.69) is 19.1 Å². The lowest BCUT2D eigenvalue weighted by molar-refractivity contribution is -0.144. The number of allylic oxidation sites excluding steroid dienone is 2. The molecule has 0 spiro atoms. The molecular formula is C21H39NO3. The Labute approximate surface area is 154 Å². The quantitative estimate of drug-likeness (QED) is 0.297. The number of unbranched alkanes of at least 4 members (excludes halogenated alkanes) is 7. The number of hydrogen-bond donors (Lipinski definition) is 1. The van der Waals surface area contributed by atoms with Crippen LogP contribution in [0.15, 0.2) is 12.2 Å². The number of nitrogens with zero attached hydrogens (tertiary/aromatic N) is 1. The normalized spacial score (nSPS) is 12.4. The summed E-state index contributed by atoms with van der Waals surface area (Å²) in [5.41, 5.74) is 0. The Balaban J connectivity index is 3.95. The molecule has 0 bridgehead atoms. The Kier molecular flexibility index (Phi) is 15.3. The molecule has 0 aliphatic carbocycles. The zero-order valence-electron chi connectivity index (χ0n) is 16.6. The van der Waals surface area contributed by atoms with Gasteiger partial charge in [0.05, 0.1) is 6.42 Å². The first-order valence-electron chi connectivity index (χ1n) is 10.2. The van der Waals surface area contributed by atoms with Crippen LogP contribution < -0.4 is 0 Å². The topological polar surface area (TPSA) is 57.6 Å². The molecule has 4 nitrogen and oxygen atoms in total. The molecule has 25 heavy (non-hydrogen) atoms. The van der Waals surface area contributed by atoms with Gasteiger partial charge in [0, 0.05) is 19.0 Å². The van der Waals surface area contributed by atoms with Crippen LogP contribution in [0.5, 0.6) is 0 Å². The van der Waals surface area contributed by atoms with Gasteiger partial charge in [-0.1, -0.05) is 51.2 Å². The van der Waals surface area contributed by atoms with Crippen molar-refractivity contribution in [2.24, 2.45) is 5.92 Å². The van der Waals surface area contributed by atoms with Crippen LogP contribution in [0.1, 0.15) is 91.4 Å². The van der Waals surface area contributed by atoms with E-state index in [1.165, 1.54) is 32.1 Å². The lowest BCUT2D eigenvalue weighted by atomic mass is 9.95. The van der Waals surface area contributed by atoms with Crippen molar-refractivity contribution >= 4 is 11.9 Å². The fourth-order valence-corrected chi connectivity index (χ4v) is 3.07. The third kappa shape index (κ3) is 12.7. The summed E-state index contributed by atoms with van der Waals surface area (Å²) in [5, 5.41) is 9.06. The van der Waals surface area contributed by atoms with Crippen LogP contribution in [0, 0.1) is 5.92 Å². The molecule has 1 unspecified atom stereocenters. The molecule has 0 aromatic heterocycles. The van der Waals surface area contributed by atoms with Gasteiger partial charge in [0.15, 0.2) is 0 Å². The highest BCUT2D eigenvalue weighted by molar-refractivity contribution is 5.83. The monoisotopic (exact) mass is 353 g/mol. The highest BCUT2D eigenvalue weighted by Crippen LogP contribution is 2.18. The Morgan fingerprint density at radius 2 is 1.44 bits per heavy atom. The third-order valence-electron chi connectivity index (χ3n) is 4.66. The number of carboxylic acids is 1. The van der Waals surface area contributed by atoms with Crippen LogP contribution in [0.2, 0.25) is 0 Å². The lowest BCUT2D eigenvalue weighted by Crippen LogP contribution is -2.36. The van der Waals surface area contributed by atoms with Gasteiger partial charge in [-0.2, -0.15) is 0 Å². The summed E-state index contributed by atoms with van der Waals surface area (Å²) in [7, 11) is 0. The maximum atomic E-state index is 12.4. The number of carbonyl (C=O) groups is 2. The fraction of sp³-hybridized carbons (Fsp3) is 0.810. The number of amides is 1. The number of rotatable bonds is 16. The summed E-state index contributed by atoms with van der Waals surface area (Å²) in [6, 6.07) is 0. The SMILES string of the molecule is CCCCC/C=C/CCCCCCC(CC(=O)O)C(=O)N(CC)CC. The smallest absolute Gasteiger partial charge is 0.304 e. The van der Waals surface area contributed by atoms with Gasteiger partial charge in [0.1, 0.15) is 0 Å². The maximum absolute atomic E-state index is 12.4. The molecule has 0 aliphatic rings. The minimum Gasteiger partial charge on any atom is -0.481 e. The molecule has 1 N–H and O–H groups in total. The largest absolute Gasteiger partial charge is 0.481 e. The molecule has 1 atom stereocenters. The second-order valence-corrected chi connectivity index (χ2v) is 6.76. The number of carboxylic acid groups (broad SMARTS) is 1. The van der Waals surface area contributed by atoms with E-state index in [9.17, 15) is 9.59 Å². The molecular weight excluding hydrogens is 314 g/mol. The van der Waals surface area contributed by atoms with Gasteiger partial charge in [-0.15, -0.1) is 0 Å². The standard InChI is InChI=1S/C21H39NO3/c1-4-7-8-9-10-11-12-13-14-15-16-17-19(18-20(23)24)21(25)22(5-2)6-3/h10-11,19H,4-9,12-18H2,1-3H3,(H,23,24)/b11-10+. The van der Waals surface area contributed by atoms with Gasteiger partial charge in [-0.25, -0.2) is 0 Å². The average Bonchev–Trinajstić information content (AvgIpc) is 2.59. The molecule has 0 radical (unpaired) electrons.